The lowest BCUT2D eigenvalue weighted by Crippen LogP contribution is -2.33. The predicted molar refractivity (Wildman–Crippen MR) is 78.9 cm³/mol. The van der Waals surface area contributed by atoms with Crippen molar-refractivity contribution >= 4 is 31.9 Å². The van der Waals surface area contributed by atoms with Crippen molar-refractivity contribution in [2.75, 3.05) is 13.7 Å². The molecule has 0 aromatic heterocycles. The molecule has 0 fully saturated rings. The number of nitrogens with one attached hydrogen (secondary N) is 1. The van der Waals surface area contributed by atoms with Crippen LogP contribution in [-0.2, 0) is 14.8 Å². The number of carbonyl (C=O) groups excluding carboxylic acids is 1. The number of rotatable bonds is 6. The van der Waals surface area contributed by atoms with E-state index < -0.39 is 10.0 Å². The van der Waals surface area contributed by atoms with Gasteiger partial charge in [-0.15, -0.1) is 0 Å². The van der Waals surface area contributed by atoms with Crippen molar-refractivity contribution in [2.45, 2.75) is 24.3 Å². The number of carbonyl (C=O) groups is 1. The second kappa shape index (κ2) is 7.16. The average molecular weight is 365 g/mol. The number of benzene rings is 1. The van der Waals surface area contributed by atoms with Crippen LogP contribution in [0.25, 0.3) is 0 Å². The summed E-state index contributed by atoms with van der Waals surface area (Å²) in [6.45, 7) is 2.38. The summed E-state index contributed by atoms with van der Waals surface area (Å²) in [5.41, 5.74) is 0.237. The molecule has 1 rings (SSSR count). The highest BCUT2D eigenvalue weighted by atomic mass is 79.9. The number of nitrogens with two attached hydrogens (primary N) is 1. The van der Waals surface area contributed by atoms with E-state index in [1.54, 1.807) is 7.11 Å². The Bertz CT molecular complexity index is 589. The van der Waals surface area contributed by atoms with E-state index in [-0.39, 0.29) is 22.4 Å². The first-order valence-electron chi connectivity index (χ1n) is 5.88. The predicted octanol–water partition coefficient (Wildman–Crippen LogP) is 1.25. The van der Waals surface area contributed by atoms with Crippen molar-refractivity contribution in [1.82, 2.24) is 5.32 Å². The fraction of sp³-hybridized carbons (Fsp3) is 0.417. The highest BCUT2D eigenvalue weighted by molar-refractivity contribution is 9.10. The molecule has 1 atom stereocenters. The Morgan fingerprint density at radius 1 is 1.50 bits per heavy atom. The maximum atomic E-state index is 12.0. The largest absolute Gasteiger partial charge is 0.385 e. The van der Waals surface area contributed by atoms with Gasteiger partial charge in [-0.1, -0.05) is 0 Å². The number of primary sulfonamides is 1. The molecule has 0 heterocycles. The van der Waals surface area contributed by atoms with Crippen LogP contribution in [0.2, 0.25) is 0 Å². The van der Waals surface area contributed by atoms with Gasteiger partial charge >= 0.3 is 0 Å². The maximum Gasteiger partial charge on any atom is 0.251 e. The summed E-state index contributed by atoms with van der Waals surface area (Å²) in [5.74, 6) is -0.356. The SMILES string of the molecule is COCCC(C)NC(=O)c1ccc(Br)c(S(N)(=O)=O)c1. The number of hydrogen-bond acceptors (Lipinski definition) is 4. The number of ether oxygens (including phenoxy) is 1. The monoisotopic (exact) mass is 364 g/mol. The topological polar surface area (TPSA) is 98.5 Å². The Hall–Kier alpha value is -0.960. The quantitative estimate of drug-likeness (QED) is 0.793. The molecule has 6 nitrogen and oxygen atoms in total. The van der Waals surface area contributed by atoms with Crippen LogP contribution in [0.1, 0.15) is 23.7 Å². The van der Waals surface area contributed by atoms with Crippen molar-refractivity contribution in [3.8, 4) is 0 Å². The second-order valence-electron chi connectivity index (χ2n) is 4.35. The molecule has 0 aliphatic rings. The van der Waals surface area contributed by atoms with Crippen molar-refractivity contribution in [1.29, 1.82) is 0 Å². The van der Waals surface area contributed by atoms with E-state index >= 15 is 0 Å². The molecule has 0 spiro atoms. The Labute approximate surface area is 126 Å². The lowest BCUT2D eigenvalue weighted by Gasteiger charge is -2.14. The van der Waals surface area contributed by atoms with Gasteiger partial charge in [-0.25, -0.2) is 13.6 Å². The zero-order chi connectivity index (χ0) is 15.3. The molecule has 3 N–H and O–H groups in total. The Balaban J connectivity index is 2.90. The third-order valence-corrected chi connectivity index (χ3v) is 4.54. The van der Waals surface area contributed by atoms with Crippen LogP contribution in [0.4, 0.5) is 0 Å². The molecule has 0 radical (unpaired) electrons. The number of hydrogen-bond donors (Lipinski definition) is 2. The number of sulfonamides is 1. The molecule has 0 saturated carbocycles. The molecular weight excluding hydrogens is 348 g/mol. The Kier molecular flexibility index (Phi) is 6.12. The smallest absolute Gasteiger partial charge is 0.251 e. The van der Waals surface area contributed by atoms with Crippen LogP contribution < -0.4 is 10.5 Å². The summed E-state index contributed by atoms with van der Waals surface area (Å²) in [7, 11) is -2.29. The van der Waals surface area contributed by atoms with Crippen LogP contribution >= 0.6 is 15.9 Å². The summed E-state index contributed by atoms with van der Waals surface area (Å²) >= 11 is 3.09. The van der Waals surface area contributed by atoms with Crippen LogP contribution in [0.5, 0.6) is 0 Å². The normalized spacial score (nSPS) is 13.0. The zero-order valence-corrected chi connectivity index (χ0v) is 13.6. The molecule has 0 bridgehead atoms. The van der Waals surface area contributed by atoms with Crippen LogP contribution in [0.3, 0.4) is 0 Å². The third kappa shape index (κ3) is 4.86. The summed E-state index contributed by atoms with van der Waals surface area (Å²) in [4.78, 5) is 11.9. The molecule has 112 valence electrons. The highest BCUT2D eigenvalue weighted by Gasteiger charge is 2.17. The standard InChI is InChI=1S/C12H17BrN2O4S/c1-8(5-6-19-2)15-12(16)9-3-4-10(13)11(7-9)20(14,17)18/h3-4,7-8H,5-6H2,1-2H3,(H,15,16)(H2,14,17,18). The van der Waals surface area contributed by atoms with Crippen molar-refractivity contribution < 1.29 is 17.9 Å². The lowest BCUT2D eigenvalue weighted by atomic mass is 10.2. The molecule has 0 aliphatic heterocycles. The number of methoxy groups -OCH3 is 1. The molecule has 0 saturated heterocycles. The maximum absolute atomic E-state index is 12.0. The molecule has 1 aromatic rings. The lowest BCUT2D eigenvalue weighted by molar-refractivity contribution is 0.0929. The average Bonchev–Trinajstić information content (AvgIpc) is 2.35. The van der Waals surface area contributed by atoms with Gasteiger partial charge in [0.25, 0.3) is 5.91 Å². The van der Waals surface area contributed by atoms with Crippen LogP contribution in [0.15, 0.2) is 27.6 Å². The fourth-order valence-corrected chi connectivity index (χ4v) is 3.09. The van der Waals surface area contributed by atoms with Gasteiger partial charge in [-0.05, 0) is 47.5 Å². The summed E-state index contributed by atoms with van der Waals surface area (Å²) in [6.07, 6.45) is 0.667. The van der Waals surface area contributed by atoms with Gasteiger partial charge < -0.3 is 10.1 Å². The highest BCUT2D eigenvalue weighted by Crippen LogP contribution is 2.22. The molecule has 8 heteroatoms. The Morgan fingerprint density at radius 2 is 2.15 bits per heavy atom. The fourth-order valence-electron chi connectivity index (χ4n) is 1.54. The van der Waals surface area contributed by atoms with Crippen LogP contribution in [-0.4, -0.2) is 34.1 Å². The van der Waals surface area contributed by atoms with Crippen molar-refractivity contribution in [2.24, 2.45) is 5.14 Å². The first kappa shape index (κ1) is 17.1. The molecule has 20 heavy (non-hydrogen) atoms. The van der Waals surface area contributed by atoms with Crippen LogP contribution in [0, 0.1) is 0 Å². The van der Waals surface area contributed by atoms with Gasteiger partial charge in [0.05, 0.1) is 4.90 Å². The van der Waals surface area contributed by atoms with E-state index in [0.29, 0.717) is 17.5 Å². The Morgan fingerprint density at radius 3 is 2.70 bits per heavy atom. The molecule has 1 aromatic carbocycles. The molecule has 0 aliphatic carbocycles. The first-order valence-corrected chi connectivity index (χ1v) is 8.21. The number of amides is 1. The van der Waals surface area contributed by atoms with Crippen molar-refractivity contribution in [3.05, 3.63) is 28.2 Å². The first-order chi connectivity index (χ1) is 9.25. The van der Waals surface area contributed by atoms with Gasteiger partial charge in [0.2, 0.25) is 10.0 Å². The summed E-state index contributed by atoms with van der Waals surface area (Å²) in [6, 6.07) is 4.17. The van der Waals surface area contributed by atoms with E-state index in [9.17, 15) is 13.2 Å². The molecular formula is C12H17BrN2O4S. The second-order valence-corrected chi connectivity index (χ2v) is 6.73. The van der Waals surface area contributed by atoms with Gasteiger partial charge in [-0.3, -0.25) is 4.79 Å². The van der Waals surface area contributed by atoms with Gasteiger partial charge in [-0.2, -0.15) is 0 Å². The summed E-state index contributed by atoms with van der Waals surface area (Å²) < 4.78 is 28.0. The van der Waals surface area contributed by atoms with E-state index in [1.807, 2.05) is 6.92 Å². The van der Waals surface area contributed by atoms with Crippen molar-refractivity contribution in [3.63, 3.8) is 0 Å². The molecule has 1 amide bonds. The van der Waals surface area contributed by atoms with E-state index in [2.05, 4.69) is 21.2 Å². The van der Waals surface area contributed by atoms with E-state index in [1.165, 1.54) is 18.2 Å². The minimum atomic E-state index is -3.88. The minimum Gasteiger partial charge on any atom is -0.385 e. The molecule has 1 unspecified atom stereocenters. The third-order valence-electron chi connectivity index (χ3n) is 2.63. The van der Waals surface area contributed by atoms with Gasteiger partial charge in [0.15, 0.2) is 0 Å². The van der Waals surface area contributed by atoms with Gasteiger partial charge in [0.1, 0.15) is 0 Å². The zero-order valence-electron chi connectivity index (χ0n) is 11.2. The van der Waals surface area contributed by atoms with E-state index in [0.717, 1.165) is 0 Å². The van der Waals surface area contributed by atoms with E-state index in [4.69, 9.17) is 9.88 Å². The summed E-state index contributed by atoms with van der Waals surface area (Å²) in [5, 5.41) is 7.85. The van der Waals surface area contributed by atoms with Gasteiger partial charge in [0, 0.05) is 29.8 Å². The number of halogens is 1. The minimum absolute atomic E-state index is 0.0796.